The van der Waals surface area contributed by atoms with E-state index in [2.05, 4.69) is 12.2 Å². The van der Waals surface area contributed by atoms with Crippen molar-refractivity contribution in [2.24, 2.45) is 5.92 Å². The third-order valence-electron chi connectivity index (χ3n) is 1.86. The normalized spacial score (nSPS) is 38.2. The van der Waals surface area contributed by atoms with Gasteiger partial charge in [0.25, 0.3) is 0 Å². The van der Waals surface area contributed by atoms with E-state index in [-0.39, 0.29) is 12.7 Å². The fourth-order valence-corrected chi connectivity index (χ4v) is 1.11. The van der Waals surface area contributed by atoms with Gasteiger partial charge in [-0.15, -0.1) is 0 Å². The van der Waals surface area contributed by atoms with Crippen molar-refractivity contribution in [1.29, 1.82) is 0 Å². The van der Waals surface area contributed by atoms with E-state index >= 15 is 0 Å². The molecule has 0 radical (unpaired) electrons. The van der Waals surface area contributed by atoms with Gasteiger partial charge < -0.3 is 5.32 Å². The van der Waals surface area contributed by atoms with Gasteiger partial charge in [-0.05, 0) is 18.9 Å². The molecule has 0 amide bonds. The summed E-state index contributed by atoms with van der Waals surface area (Å²) >= 11 is 0. The van der Waals surface area contributed by atoms with E-state index in [1.807, 2.05) is 0 Å². The molecule has 1 aliphatic heterocycles. The highest BCUT2D eigenvalue weighted by Gasteiger charge is 2.21. The van der Waals surface area contributed by atoms with Crippen LogP contribution in [0.4, 0.5) is 4.39 Å². The molecule has 2 atom stereocenters. The quantitative estimate of drug-likeness (QED) is 0.539. The molecule has 1 heterocycles. The Morgan fingerprint density at radius 2 is 2.50 bits per heavy atom. The Balaban J connectivity index is 2.30. The Kier molecular flexibility index (Phi) is 1.84. The van der Waals surface area contributed by atoms with Crippen molar-refractivity contribution >= 4 is 0 Å². The van der Waals surface area contributed by atoms with Gasteiger partial charge in [-0.1, -0.05) is 6.92 Å². The van der Waals surface area contributed by atoms with E-state index in [9.17, 15) is 4.39 Å². The van der Waals surface area contributed by atoms with Crippen LogP contribution in [0.2, 0.25) is 0 Å². The van der Waals surface area contributed by atoms with Crippen LogP contribution in [-0.2, 0) is 0 Å². The van der Waals surface area contributed by atoms with E-state index in [1.54, 1.807) is 0 Å². The second-order valence-corrected chi connectivity index (χ2v) is 2.48. The van der Waals surface area contributed by atoms with Gasteiger partial charge in [0.1, 0.15) is 6.67 Å². The zero-order chi connectivity index (χ0) is 5.98. The average Bonchev–Trinajstić information content (AvgIpc) is 2.14. The van der Waals surface area contributed by atoms with E-state index in [0.29, 0.717) is 5.92 Å². The lowest BCUT2D eigenvalue weighted by Gasteiger charge is -2.08. The maximum absolute atomic E-state index is 11.9. The van der Waals surface area contributed by atoms with Gasteiger partial charge in [0.15, 0.2) is 0 Å². The predicted molar refractivity (Wildman–Crippen MR) is 31.5 cm³/mol. The minimum atomic E-state index is -0.207. The first-order chi connectivity index (χ1) is 3.84. The Morgan fingerprint density at radius 3 is 2.75 bits per heavy atom. The van der Waals surface area contributed by atoms with Crippen molar-refractivity contribution in [1.82, 2.24) is 5.32 Å². The van der Waals surface area contributed by atoms with Crippen LogP contribution in [0.15, 0.2) is 0 Å². The summed E-state index contributed by atoms with van der Waals surface area (Å²) < 4.78 is 11.9. The first kappa shape index (κ1) is 6.02. The maximum Gasteiger partial charge on any atom is 0.105 e. The highest BCUT2D eigenvalue weighted by Crippen LogP contribution is 2.13. The second kappa shape index (κ2) is 2.44. The molecule has 0 aromatic rings. The molecule has 0 saturated carbocycles. The lowest BCUT2D eigenvalue weighted by molar-refractivity contribution is 0.356. The molecule has 1 aliphatic rings. The van der Waals surface area contributed by atoms with E-state index < -0.39 is 0 Å². The van der Waals surface area contributed by atoms with Gasteiger partial charge in [0.05, 0.1) is 0 Å². The Labute approximate surface area is 49.3 Å². The van der Waals surface area contributed by atoms with Crippen molar-refractivity contribution in [3.63, 3.8) is 0 Å². The van der Waals surface area contributed by atoms with Crippen molar-refractivity contribution in [3.05, 3.63) is 0 Å². The van der Waals surface area contributed by atoms with Crippen molar-refractivity contribution in [3.8, 4) is 0 Å². The first-order valence-corrected chi connectivity index (χ1v) is 3.14. The van der Waals surface area contributed by atoms with E-state index in [0.717, 1.165) is 13.0 Å². The molecule has 1 N–H and O–H groups in total. The molecule has 0 bridgehead atoms. The van der Waals surface area contributed by atoms with Crippen molar-refractivity contribution in [2.45, 2.75) is 19.4 Å². The summed E-state index contributed by atoms with van der Waals surface area (Å²) in [6, 6.07) is 0.148. The molecule has 0 aromatic heterocycles. The Bertz CT molecular complexity index is 74.9. The summed E-state index contributed by atoms with van der Waals surface area (Å²) in [6.45, 7) is 2.88. The molecule has 0 aromatic carbocycles. The zero-order valence-electron chi connectivity index (χ0n) is 5.15. The zero-order valence-corrected chi connectivity index (χ0v) is 5.15. The first-order valence-electron chi connectivity index (χ1n) is 3.14. The molecular weight excluding hydrogens is 105 g/mol. The van der Waals surface area contributed by atoms with E-state index in [4.69, 9.17) is 0 Å². The molecule has 48 valence electrons. The fourth-order valence-electron chi connectivity index (χ4n) is 1.11. The lowest BCUT2D eigenvalue weighted by atomic mass is 10.1. The Morgan fingerprint density at radius 1 is 1.75 bits per heavy atom. The minimum Gasteiger partial charge on any atom is -0.311 e. The molecule has 1 rings (SSSR count). The van der Waals surface area contributed by atoms with Crippen LogP contribution in [0, 0.1) is 5.92 Å². The minimum absolute atomic E-state index is 0.148. The molecule has 8 heavy (non-hydrogen) atoms. The molecule has 0 spiro atoms. The monoisotopic (exact) mass is 117 g/mol. The molecule has 1 fully saturated rings. The van der Waals surface area contributed by atoms with E-state index in [1.165, 1.54) is 0 Å². The van der Waals surface area contributed by atoms with Crippen LogP contribution in [0.25, 0.3) is 0 Å². The van der Waals surface area contributed by atoms with Crippen LogP contribution in [0.1, 0.15) is 13.3 Å². The van der Waals surface area contributed by atoms with Crippen LogP contribution < -0.4 is 5.32 Å². The summed E-state index contributed by atoms with van der Waals surface area (Å²) in [7, 11) is 0. The molecule has 0 aliphatic carbocycles. The number of alkyl halides is 1. The summed E-state index contributed by atoms with van der Waals surface area (Å²) in [5.74, 6) is 0.542. The van der Waals surface area contributed by atoms with Gasteiger partial charge in [-0.25, -0.2) is 4.39 Å². The molecule has 1 nitrogen and oxygen atoms in total. The van der Waals surface area contributed by atoms with Crippen LogP contribution in [-0.4, -0.2) is 19.3 Å². The molecule has 1 saturated heterocycles. The van der Waals surface area contributed by atoms with Crippen LogP contribution in [0.5, 0.6) is 0 Å². The van der Waals surface area contributed by atoms with Crippen LogP contribution in [0.3, 0.4) is 0 Å². The number of hydrogen-bond acceptors (Lipinski definition) is 1. The number of halogens is 1. The third-order valence-corrected chi connectivity index (χ3v) is 1.86. The van der Waals surface area contributed by atoms with Gasteiger partial charge in [-0.2, -0.15) is 0 Å². The summed E-state index contributed by atoms with van der Waals surface area (Å²) in [5.41, 5.74) is 0. The lowest BCUT2D eigenvalue weighted by Crippen LogP contribution is -2.27. The summed E-state index contributed by atoms with van der Waals surface area (Å²) in [4.78, 5) is 0. The molecular formula is C6H12FN. The third kappa shape index (κ3) is 0.996. The molecule has 2 heteroatoms. The highest BCUT2D eigenvalue weighted by atomic mass is 19.1. The average molecular weight is 117 g/mol. The van der Waals surface area contributed by atoms with Crippen molar-refractivity contribution in [2.75, 3.05) is 13.2 Å². The standard InChI is InChI=1S/C6H12FN/c1-5-2-3-8-6(5)4-7/h5-6,8H,2-4H2,1H3. The number of hydrogen-bond donors (Lipinski definition) is 1. The fraction of sp³-hybridized carbons (Fsp3) is 1.00. The summed E-state index contributed by atoms with van der Waals surface area (Å²) in [5, 5.41) is 3.08. The van der Waals surface area contributed by atoms with Gasteiger partial charge in [0, 0.05) is 6.04 Å². The van der Waals surface area contributed by atoms with Gasteiger partial charge >= 0.3 is 0 Å². The smallest absolute Gasteiger partial charge is 0.105 e. The van der Waals surface area contributed by atoms with Gasteiger partial charge in [0.2, 0.25) is 0 Å². The van der Waals surface area contributed by atoms with Gasteiger partial charge in [-0.3, -0.25) is 0 Å². The SMILES string of the molecule is CC1CCNC1CF. The highest BCUT2D eigenvalue weighted by molar-refractivity contribution is 4.79. The number of rotatable bonds is 1. The number of nitrogens with one attached hydrogen (secondary N) is 1. The van der Waals surface area contributed by atoms with Crippen LogP contribution >= 0.6 is 0 Å². The predicted octanol–water partition coefficient (Wildman–Crippen LogP) is 0.954. The molecule has 2 unspecified atom stereocenters. The second-order valence-electron chi connectivity index (χ2n) is 2.48. The largest absolute Gasteiger partial charge is 0.311 e. The topological polar surface area (TPSA) is 12.0 Å². The van der Waals surface area contributed by atoms with Crippen molar-refractivity contribution < 1.29 is 4.39 Å². The Hall–Kier alpha value is -0.110. The summed E-state index contributed by atoms with van der Waals surface area (Å²) in [6.07, 6.45) is 1.13. The maximum atomic E-state index is 11.9.